The van der Waals surface area contributed by atoms with Crippen LogP contribution in [-0.4, -0.2) is 82.0 Å². The fraction of sp³-hybridized carbons (Fsp3) is 0.526. The van der Waals surface area contributed by atoms with Crippen molar-refractivity contribution in [3.63, 3.8) is 0 Å². The van der Waals surface area contributed by atoms with Crippen LogP contribution < -0.4 is 16.4 Å². The van der Waals surface area contributed by atoms with Crippen molar-refractivity contribution in [2.24, 2.45) is 5.73 Å². The van der Waals surface area contributed by atoms with Gasteiger partial charge in [0.15, 0.2) is 6.04 Å². The number of nitrogens with two attached hydrogens (primary N) is 1. The maximum absolute atomic E-state index is 12.3. The first kappa shape index (κ1) is 34.2. The lowest BCUT2D eigenvalue weighted by Gasteiger charge is -2.18. The molecule has 0 heterocycles. The maximum atomic E-state index is 12.3. The van der Waals surface area contributed by atoms with E-state index in [1.165, 1.54) is 7.11 Å². The Bertz CT molecular complexity index is 702. The Morgan fingerprint density at radius 1 is 1.06 bits per heavy atom. The molecule has 0 aliphatic heterocycles. The summed E-state index contributed by atoms with van der Waals surface area (Å²) in [6, 6.07) is 6.20. The highest BCUT2D eigenvalue weighted by molar-refractivity contribution is 5.89. The molecule has 0 aromatic heterocycles. The summed E-state index contributed by atoms with van der Waals surface area (Å²) in [6.07, 6.45) is 0. The molecule has 202 valence electrons. The fourth-order valence-electron chi connectivity index (χ4n) is 1.97. The van der Waals surface area contributed by atoms with Crippen molar-refractivity contribution in [1.29, 1.82) is 0 Å². The van der Waals surface area contributed by atoms with Crippen molar-refractivity contribution in [2.45, 2.75) is 31.9 Å². The average molecular weight is 523 g/mol. The lowest BCUT2D eigenvalue weighted by atomic mass is 10.2. The number of methoxy groups -OCH3 is 1. The van der Waals surface area contributed by atoms with Crippen molar-refractivity contribution in [1.82, 2.24) is 10.6 Å². The van der Waals surface area contributed by atoms with E-state index in [4.69, 9.17) is 20.3 Å². The van der Waals surface area contributed by atoms with Gasteiger partial charge in [-0.25, -0.2) is 13.6 Å². The molecule has 16 heteroatoms. The highest BCUT2D eigenvalue weighted by Crippen LogP contribution is 2.04. The largest absolute Gasteiger partial charge is 0.459 e. The Morgan fingerprint density at radius 3 is 2.09 bits per heavy atom. The van der Waals surface area contributed by atoms with Gasteiger partial charge in [-0.1, -0.05) is 30.3 Å². The monoisotopic (exact) mass is 523 g/mol. The summed E-state index contributed by atoms with van der Waals surface area (Å²) in [7, 11) is 1.36. The summed E-state index contributed by atoms with van der Waals surface area (Å²) in [6.45, 7) is -9.53. The molecule has 5 N–H and O–H groups in total. The Labute approximate surface area is 196 Å². The number of hydrogen-bond acceptors (Lipinski definition) is 8. The highest BCUT2D eigenvalue weighted by atomic mass is 19.3. The molecule has 1 aromatic rings. The number of benzene rings is 1. The minimum atomic E-state index is -3.17. The zero-order valence-electron chi connectivity index (χ0n) is 18.5. The summed E-state index contributed by atoms with van der Waals surface area (Å²) in [5.41, 5.74) is 6.17. The lowest BCUT2D eigenvalue weighted by Crippen LogP contribution is -2.51. The van der Waals surface area contributed by atoms with Crippen LogP contribution in [0.2, 0.25) is 0 Å². The van der Waals surface area contributed by atoms with Gasteiger partial charge in [0.05, 0.1) is 19.8 Å². The third kappa shape index (κ3) is 21.3. The van der Waals surface area contributed by atoms with Gasteiger partial charge in [-0.15, -0.1) is 0 Å². The first-order chi connectivity index (χ1) is 16.5. The molecule has 0 saturated carbocycles. The molecule has 35 heavy (non-hydrogen) atoms. The van der Waals surface area contributed by atoms with E-state index in [1.807, 2.05) is 0 Å². The van der Waals surface area contributed by atoms with Gasteiger partial charge < -0.3 is 35.7 Å². The van der Waals surface area contributed by atoms with Gasteiger partial charge in [0, 0.05) is 7.11 Å². The molecule has 2 amide bonds. The van der Waals surface area contributed by atoms with Crippen LogP contribution in [0.25, 0.3) is 0 Å². The van der Waals surface area contributed by atoms with Gasteiger partial charge in [0.1, 0.15) is 12.6 Å². The molecule has 1 aromatic carbocycles. The molecule has 0 radical (unpaired) electrons. The molecule has 0 saturated heterocycles. The Balaban J connectivity index is 0. The van der Waals surface area contributed by atoms with E-state index in [0.717, 1.165) is 0 Å². The highest BCUT2D eigenvalue weighted by Gasteiger charge is 2.25. The summed E-state index contributed by atoms with van der Waals surface area (Å²) < 4.78 is 77.4. The van der Waals surface area contributed by atoms with Gasteiger partial charge in [0.25, 0.3) is 0 Å². The second kappa shape index (κ2) is 21.6. The van der Waals surface area contributed by atoms with E-state index in [1.54, 1.807) is 30.3 Å². The fourth-order valence-corrected chi connectivity index (χ4v) is 1.97. The molecule has 0 unspecified atom stereocenters. The van der Waals surface area contributed by atoms with Gasteiger partial charge in [-0.05, 0) is 5.56 Å². The van der Waals surface area contributed by atoms with Crippen molar-refractivity contribution in [3.8, 4) is 0 Å². The molecular weight excluding hydrogens is 496 g/mol. The maximum Gasteiger partial charge on any atom is 0.345 e. The second-order valence-corrected chi connectivity index (χ2v) is 5.97. The summed E-state index contributed by atoms with van der Waals surface area (Å²) in [5.74, 6) is -2.42. The Morgan fingerprint density at radius 2 is 1.60 bits per heavy atom. The summed E-state index contributed by atoms with van der Waals surface area (Å²) in [5, 5.41) is 11.1. The molecule has 0 fully saturated rings. The number of nitrogens with one attached hydrogen (secondary N) is 2. The number of carbonyl (C=O) groups is 3. The number of aliphatic hydroxyl groups is 1. The van der Waals surface area contributed by atoms with Crippen LogP contribution in [-0.2, 0) is 35.2 Å². The van der Waals surface area contributed by atoms with Gasteiger partial charge in [-0.3, -0.25) is 9.59 Å². The molecule has 0 spiro atoms. The minimum Gasteiger partial charge on any atom is -0.459 e. The van der Waals surface area contributed by atoms with Crippen LogP contribution in [0.3, 0.4) is 0 Å². The molecule has 10 nitrogen and oxygen atoms in total. The standard InChI is InChI=1S/C17H23F2N3O6.CH2F2O.CH2F2/c1-26-9-12(20)15(24)21-7-14(23)22-13(10-28-17(18)19)16(25)27-8-11-5-3-2-4-6-11;2-1(3)4;2-1-3/h2-6,12-13,17H,7-10,20H2,1H3,(H,21,24)(H,22,23);1,4H;1H2/t12-,13-;;/m0../s1. The lowest BCUT2D eigenvalue weighted by molar-refractivity contribution is -0.161. The first-order valence-electron chi connectivity index (χ1n) is 9.48. The van der Waals surface area contributed by atoms with E-state index in [9.17, 15) is 40.7 Å². The van der Waals surface area contributed by atoms with E-state index >= 15 is 0 Å². The first-order valence-corrected chi connectivity index (χ1v) is 9.48. The molecule has 0 aliphatic rings. The van der Waals surface area contributed by atoms with Crippen LogP contribution >= 0.6 is 0 Å². The van der Waals surface area contributed by atoms with Crippen LogP contribution in [0, 0.1) is 0 Å². The predicted octanol–water partition coefficient (Wildman–Crippen LogP) is 0.628. The molecule has 2 atom stereocenters. The van der Waals surface area contributed by atoms with Crippen LogP contribution in [0.1, 0.15) is 5.56 Å². The molecule has 0 bridgehead atoms. The van der Waals surface area contributed by atoms with Crippen molar-refractivity contribution in [2.75, 3.05) is 33.8 Å². The third-order valence-corrected chi connectivity index (χ3v) is 3.34. The zero-order chi connectivity index (χ0) is 27.2. The SMILES string of the molecule is COC[C@H](N)C(=O)NCC(=O)N[C@@H](COC(F)F)C(=O)OCc1ccccc1.FCF.OC(F)F. The number of hydrogen-bond donors (Lipinski definition) is 4. The number of ether oxygens (including phenoxy) is 3. The van der Waals surface area contributed by atoms with E-state index in [-0.39, 0.29) is 13.2 Å². The van der Waals surface area contributed by atoms with Crippen molar-refractivity contribution in [3.05, 3.63) is 35.9 Å². The van der Waals surface area contributed by atoms with E-state index in [0.29, 0.717) is 5.56 Å². The Kier molecular flexibility index (Phi) is 21.1. The van der Waals surface area contributed by atoms with Crippen LogP contribution in [0.15, 0.2) is 30.3 Å². The topological polar surface area (TPSA) is 149 Å². The van der Waals surface area contributed by atoms with Crippen LogP contribution in [0.4, 0.5) is 26.3 Å². The van der Waals surface area contributed by atoms with Crippen LogP contribution in [0.5, 0.6) is 0 Å². The molecular formula is C19H27F6N3O7. The number of carbonyl (C=O) groups excluding carboxylic acids is 3. The summed E-state index contributed by atoms with van der Waals surface area (Å²) >= 11 is 0. The van der Waals surface area contributed by atoms with Gasteiger partial charge >= 0.3 is 19.2 Å². The zero-order valence-corrected chi connectivity index (χ0v) is 18.5. The Hall–Kier alpha value is -2.95. The number of rotatable bonds is 12. The second-order valence-electron chi connectivity index (χ2n) is 5.97. The number of alkyl halides is 6. The van der Waals surface area contributed by atoms with Crippen molar-refractivity contribution >= 4 is 17.8 Å². The quantitative estimate of drug-likeness (QED) is 0.230. The molecule has 1 rings (SSSR count). The smallest absolute Gasteiger partial charge is 0.345 e. The van der Waals surface area contributed by atoms with Gasteiger partial charge in [-0.2, -0.15) is 17.6 Å². The molecule has 0 aliphatic carbocycles. The third-order valence-electron chi connectivity index (χ3n) is 3.34. The van der Waals surface area contributed by atoms with E-state index in [2.05, 4.69) is 15.4 Å². The van der Waals surface area contributed by atoms with Gasteiger partial charge in [0.2, 0.25) is 18.7 Å². The normalized spacial score (nSPS) is 11.9. The summed E-state index contributed by atoms with van der Waals surface area (Å²) in [4.78, 5) is 35.6. The number of halogens is 6. The van der Waals surface area contributed by atoms with Crippen molar-refractivity contribution < 1.29 is 60.0 Å². The van der Waals surface area contributed by atoms with E-state index < -0.39 is 63.2 Å². The number of amides is 2. The predicted molar refractivity (Wildman–Crippen MR) is 108 cm³/mol. The number of aliphatic hydroxyl groups excluding tert-OH is 1. The number of esters is 1. The minimum absolute atomic E-state index is 0.0515. The average Bonchev–Trinajstić information content (AvgIpc) is 2.79.